The highest BCUT2D eigenvalue weighted by Gasteiger charge is 1.99. The second-order valence-electron chi connectivity index (χ2n) is 3.29. The van der Waals surface area contributed by atoms with Gasteiger partial charge in [-0.05, 0) is 43.3 Å². The van der Waals surface area contributed by atoms with Gasteiger partial charge in [0.05, 0.1) is 12.0 Å². The van der Waals surface area contributed by atoms with Crippen molar-refractivity contribution < 1.29 is 4.42 Å². The Hall–Kier alpha value is -1.55. The Kier molecular flexibility index (Phi) is 3.41. The highest BCUT2D eigenvalue weighted by atomic mass is 79.9. The molecular weight excluding hydrogens is 268 g/mol. The molecule has 4 heteroatoms. The number of hydrogen-bond acceptors (Lipinski definition) is 3. The molecule has 0 saturated carbocycles. The van der Waals surface area contributed by atoms with Gasteiger partial charge in [0.1, 0.15) is 11.5 Å². The molecule has 0 radical (unpaired) electrons. The lowest BCUT2D eigenvalue weighted by atomic mass is 10.3. The van der Waals surface area contributed by atoms with Crippen LogP contribution in [0, 0.1) is 0 Å². The van der Waals surface area contributed by atoms with Crippen molar-refractivity contribution in [1.29, 1.82) is 0 Å². The SMILES string of the molecule is C/C(=N/Nc1ccc(Br)cc1)c1ccco1. The van der Waals surface area contributed by atoms with Crippen LogP contribution in [0.5, 0.6) is 0 Å². The average Bonchev–Trinajstić information content (AvgIpc) is 2.81. The summed E-state index contributed by atoms with van der Waals surface area (Å²) in [5.74, 6) is 0.768. The van der Waals surface area contributed by atoms with E-state index in [0.717, 1.165) is 21.6 Å². The Bertz CT molecular complexity index is 474. The van der Waals surface area contributed by atoms with Crippen LogP contribution in [0.1, 0.15) is 12.7 Å². The van der Waals surface area contributed by atoms with Gasteiger partial charge in [0.25, 0.3) is 0 Å². The summed E-state index contributed by atoms with van der Waals surface area (Å²) < 4.78 is 6.27. The molecule has 0 aliphatic heterocycles. The Labute approximate surface area is 102 Å². The second kappa shape index (κ2) is 4.99. The van der Waals surface area contributed by atoms with E-state index in [1.807, 2.05) is 43.3 Å². The summed E-state index contributed by atoms with van der Waals surface area (Å²) in [5.41, 5.74) is 4.72. The van der Waals surface area contributed by atoms with Gasteiger partial charge in [0.2, 0.25) is 0 Å². The molecule has 2 aromatic rings. The molecule has 1 heterocycles. The molecule has 0 bridgehead atoms. The fourth-order valence-electron chi connectivity index (χ4n) is 1.21. The number of hydrogen-bond donors (Lipinski definition) is 1. The van der Waals surface area contributed by atoms with Crippen LogP contribution in [-0.4, -0.2) is 5.71 Å². The van der Waals surface area contributed by atoms with Crippen molar-refractivity contribution in [2.24, 2.45) is 5.10 Å². The van der Waals surface area contributed by atoms with E-state index in [-0.39, 0.29) is 0 Å². The minimum Gasteiger partial charge on any atom is -0.463 e. The van der Waals surface area contributed by atoms with E-state index in [4.69, 9.17) is 4.42 Å². The lowest BCUT2D eigenvalue weighted by Gasteiger charge is -2.01. The predicted molar refractivity (Wildman–Crippen MR) is 68.7 cm³/mol. The van der Waals surface area contributed by atoms with E-state index < -0.39 is 0 Å². The number of nitrogens with one attached hydrogen (secondary N) is 1. The number of furan rings is 1. The summed E-state index contributed by atoms with van der Waals surface area (Å²) in [6.07, 6.45) is 1.63. The third kappa shape index (κ3) is 2.73. The van der Waals surface area contributed by atoms with Crippen molar-refractivity contribution >= 4 is 27.3 Å². The summed E-state index contributed by atoms with van der Waals surface area (Å²) in [6.45, 7) is 1.89. The van der Waals surface area contributed by atoms with Crippen molar-refractivity contribution in [3.05, 3.63) is 52.9 Å². The highest BCUT2D eigenvalue weighted by molar-refractivity contribution is 9.10. The maximum Gasteiger partial charge on any atom is 0.149 e. The molecule has 1 N–H and O–H groups in total. The van der Waals surface area contributed by atoms with Crippen molar-refractivity contribution in [2.75, 3.05) is 5.43 Å². The van der Waals surface area contributed by atoms with E-state index in [1.54, 1.807) is 6.26 Å². The molecule has 0 aliphatic rings. The van der Waals surface area contributed by atoms with E-state index in [2.05, 4.69) is 26.5 Å². The minimum atomic E-state index is 0.768. The number of hydrazone groups is 1. The predicted octanol–water partition coefficient (Wildman–Crippen LogP) is 3.88. The number of rotatable bonds is 3. The maximum atomic E-state index is 5.22. The largest absolute Gasteiger partial charge is 0.463 e. The van der Waals surface area contributed by atoms with Crippen LogP contribution in [0.15, 0.2) is 56.7 Å². The van der Waals surface area contributed by atoms with Gasteiger partial charge in [-0.25, -0.2) is 0 Å². The molecule has 0 fully saturated rings. The first-order valence-corrected chi connectivity index (χ1v) is 5.65. The quantitative estimate of drug-likeness (QED) is 0.684. The zero-order valence-electron chi connectivity index (χ0n) is 8.77. The number of benzene rings is 1. The third-order valence-corrected chi connectivity index (χ3v) is 2.60. The molecule has 0 unspecified atom stereocenters. The normalized spacial score (nSPS) is 11.5. The standard InChI is InChI=1S/C12H11BrN2O/c1-9(12-3-2-8-16-12)14-15-11-6-4-10(13)5-7-11/h2-8,15H,1H3/b14-9-. The van der Waals surface area contributed by atoms with E-state index >= 15 is 0 Å². The first kappa shape index (κ1) is 11.0. The summed E-state index contributed by atoms with van der Waals surface area (Å²) in [6, 6.07) is 11.5. The van der Waals surface area contributed by atoms with Crippen molar-refractivity contribution in [1.82, 2.24) is 0 Å². The first-order valence-electron chi connectivity index (χ1n) is 4.85. The highest BCUT2D eigenvalue weighted by Crippen LogP contribution is 2.14. The molecule has 0 spiro atoms. The van der Waals surface area contributed by atoms with E-state index in [0.29, 0.717) is 0 Å². The van der Waals surface area contributed by atoms with Gasteiger partial charge >= 0.3 is 0 Å². The molecule has 1 aromatic carbocycles. The van der Waals surface area contributed by atoms with Gasteiger partial charge in [-0.3, -0.25) is 5.43 Å². The van der Waals surface area contributed by atoms with Crippen LogP contribution in [0.3, 0.4) is 0 Å². The molecule has 3 nitrogen and oxygen atoms in total. The fourth-order valence-corrected chi connectivity index (χ4v) is 1.48. The lowest BCUT2D eigenvalue weighted by Crippen LogP contribution is -1.97. The fraction of sp³-hybridized carbons (Fsp3) is 0.0833. The summed E-state index contributed by atoms with van der Waals surface area (Å²) >= 11 is 3.38. The molecular formula is C12H11BrN2O. The zero-order valence-corrected chi connectivity index (χ0v) is 10.4. The summed E-state index contributed by atoms with van der Waals surface area (Å²) in [4.78, 5) is 0. The van der Waals surface area contributed by atoms with Gasteiger partial charge in [-0.15, -0.1) is 0 Å². The molecule has 0 amide bonds. The molecule has 2 rings (SSSR count). The van der Waals surface area contributed by atoms with Crippen LogP contribution in [-0.2, 0) is 0 Å². The van der Waals surface area contributed by atoms with Gasteiger partial charge in [-0.2, -0.15) is 5.10 Å². The van der Waals surface area contributed by atoms with Crippen molar-refractivity contribution in [3.8, 4) is 0 Å². The monoisotopic (exact) mass is 278 g/mol. The van der Waals surface area contributed by atoms with Crippen LogP contribution in [0.2, 0.25) is 0 Å². The number of nitrogens with zero attached hydrogens (tertiary/aromatic N) is 1. The number of halogens is 1. The molecule has 0 aliphatic carbocycles. The van der Waals surface area contributed by atoms with Crippen LogP contribution in [0.25, 0.3) is 0 Å². The van der Waals surface area contributed by atoms with E-state index in [9.17, 15) is 0 Å². The Balaban J connectivity index is 2.06. The molecule has 82 valence electrons. The van der Waals surface area contributed by atoms with Crippen molar-refractivity contribution in [2.45, 2.75) is 6.92 Å². The first-order chi connectivity index (χ1) is 7.75. The lowest BCUT2D eigenvalue weighted by molar-refractivity contribution is 0.557. The molecule has 0 saturated heterocycles. The summed E-state index contributed by atoms with van der Waals surface area (Å²) in [7, 11) is 0. The smallest absolute Gasteiger partial charge is 0.149 e. The second-order valence-corrected chi connectivity index (χ2v) is 4.21. The Morgan fingerprint density at radius 3 is 2.62 bits per heavy atom. The van der Waals surface area contributed by atoms with Gasteiger partial charge in [-0.1, -0.05) is 15.9 Å². The number of anilines is 1. The summed E-state index contributed by atoms with van der Waals surface area (Å²) in [5, 5.41) is 4.22. The van der Waals surface area contributed by atoms with Gasteiger partial charge in [0.15, 0.2) is 0 Å². The van der Waals surface area contributed by atoms with Crippen LogP contribution in [0.4, 0.5) is 5.69 Å². The Morgan fingerprint density at radius 2 is 2.00 bits per heavy atom. The average molecular weight is 279 g/mol. The van der Waals surface area contributed by atoms with Crippen LogP contribution < -0.4 is 5.43 Å². The maximum absolute atomic E-state index is 5.22. The molecule has 0 atom stereocenters. The van der Waals surface area contributed by atoms with Gasteiger partial charge < -0.3 is 4.42 Å². The minimum absolute atomic E-state index is 0.768. The third-order valence-electron chi connectivity index (χ3n) is 2.07. The molecule has 1 aromatic heterocycles. The molecule has 16 heavy (non-hydrogen) atoms. The van der Waals surface area contributed by atoms with Crippen LogP contribution >= 0.6 is 15.9 Å². The Morgan fingerprint density at radius 1 is 1.25 bits per heavy atom. The zero-order chi connectivity index (χ0) is 11.4. The van der Waals surface area contributed by atoms with Crippen molar-refractivity contribution in [3.63, 3.8) is 0 Å². The topological polar surface area (TPSA) is 37.5 Å². The van der Waals surface area contributed by atoms with Gasteiger partial charge in [0, 0.05) is 4.47 Å². The van der Waals surface area contributed by atoms with E-state index in [1.165, 1.54) is 0 Å².